The van der Waals surface area contributed by atoms with Gasteiger partial charge in [-0.1, -0.05) is 6.92 Å². The average molecular weight is 327 g/mol. The van der Waals surface area contributed by atoms with Crippen LogP contribution < -0.4 is 5.32 Å². The van der Waals surface area contributed by atoms with Crippen molar-refractivity contribution < 1.29 is 18.9 Å². The van der Waals surface area contributed by atoms with Crippen molar-refractivity contribution in [2.75, 3.05) is 33.0 Å². The van der Waals surface area contributed by atoms with E-state index in [0.29, 0.717) is 32.5 Å². The zero-order valence-electron chi connectivity index (χ0n) is 15.4. The van der Waals surface area contributed by atoms with Crippen molar-refractivity contribution in [1.29, 1.82) is 0 Å². The second-order valence-electron chi connectivity index (χ2n) is 9.06. The quantitative estimate of drug-likeness (QED) is 0.786. The largest absolute Gasteiger partial charge is 0.378 e. The monoisotopic (exact) mass is 327 g/mol. The Morgan fingerprint density at radius 2 is 1.61 bits per heavy atom. The number of ether oxygens (including phenoxy) is 4. The van der Waals surface area contributed by atoms with E-state index in [2.05, 4.69) is 39.9 Å². The Morgan fingerprint density at radius 1 is 1.04 bits per heavy atom. The predicted octanol–water partition coefficient (Wildman–Crippen LogP) is 2.48. The summed E-state index contributed by atoms with van der Waals surface area (Å²) in [4.78, 5) is 0. The Hall–Kier alpha value is -0.200. The molecule has 134 valence electrons. The van der Waals surface area contributed by atoms with Gasteiger partial charge in [0.1, 0.15) is 6.10 Å². The third kappa shape index (κ3) is 4.26. The van der Waals surface area contributed by atoms with E-state index in [1.165, 1.54) is 0 Å². The molecule has 3 aliphatic heterocycles. The molecule has 23 heavy (non-hydrogen) atoms. The second-order valence-corrected chi connectivity index (χ2v) is 9.06. The highest BCUT2D eigenvalue weighted by atomic mass is 16.7. The molecule has 5 nitrogen and oxygen atoms in total. The van der Waals surface area contributed by atoms with Crippen molar-refractivity contribution in [3.63, 3.8) is 0 Å². The van der Waals surface area contributed by atoms with Gasteiger partial charge in [0.15, 0.2) is 5.79 Å². The van der Waals surface area contributed by atoms with Crippen LogP contribution in [-0.4, -0.2) is 56.0 Å². The van der Waals surface area contributed by atoms with Crippen molar-refractivity contribution in [3.05, 3.63) is 0 Å². The molecule has 3 fully saturated rings. The van der Waals surface area contributed by atoms with Gasteiger partial charge in [-0.05, 0) is 34.1 Å². The smallest absolute Gasteiger partial charge is 0.171 e. The van der Waals surface area contributed by atoms with E-state index >= 15 is 0 Å². The molecule has 1 spiro atoms. The highest BCUT2D eigenvalue weighted by Crippen LogP contribution is 2.44. The van der Waals surface area contributed by atoms with Crippen LogP contribution in [0.25, 0.3) is 0 Å². The van der Waals surface area contributed by atoms with Gasteiger partial charge in [-0.25, -0.2) is 0 Å². The molecule has 0 aromatic heterocycles. The lowest BCUT2D eigenvalue weighted by molar-refractivity contribution is -0.333. The van der Waals surface area contributed by atoms with E-state index in [-0.39, 0.29) is 16.5 Å². The number of hydrogen-bond donors (Lipinski definition) is 1. The predicted molar refractivity (Wildman–Crippen MR) is 88.4 cm³/mol. The molecule has 0 aliphatic carbocycles. The Bertz CT molecular complexity index is 405. The molecule has 3 aliphatic rings. The summed E-state index contributed by atoms with van der Waals surface area (Å²) in [6.07, 6.45) is 3.06. The van der Waals surface area contributed by atoms with Gasteiger partial charge >= 0.3 is 0 Å². The molecule has 1 N–H and O–H groups in total. The molecule has 1 unspecified atom stereocenters. The zero-order valence-corrected chi connectivity index (χ0v) is 15.4. The SMILES string of the molecule is CCC1(COCC2CO2)COC2(CC(C)(C)NC(C)(C)C2)OC1. The fourth-order valence-electron chi connectivity index (χ4n) is 4.23. The molecule has 0 bridgehead atoms. The first kappa shape index (κ1) is 17.6. The normalized spacial score (nSPS) is 33.5. The summed E-state index contributed by atoms with van der Waals surface area (Å²) in [5.74, 6) is -0.462. The molecule has 5 heteroatoms. The number of epoxide rings is 1. The van der Waals surface area contributed by atoms with Gasteiger partial charge in [0.2, 0.25) is 0 Å². The molecular formula is C18H33NO4. The van der Waals surface area contributed by atoms with Gasteiger partial charge in [0.05, 0.1) is 33.0 Å². The maximum absolute atomic E-state index is 6.38. The van der Waals surface area contributed by atoms with Crippen LogP contribution in [0.3, 0.4) is 0 Å². The summed E-state index contributed by atoms with van der Waals surface area (Å²) < 4.78 is 23.8. The summed E-state index contributed by atoms with van der Waals surface area (Å²) in [5.41, 5.74) is -0.0130. The molecule has 3 rings (SSSR count). The van der Waals surface area contributed by atoms with Gasteiger partial charge in [-0.15, -0.1) is 0 Å². The Morgan fingerprint density at radius 3 is 2.09 bits per heavy atom. The Kier molecular flexibility index (Phi) is 4.56. The van der Waals surface area contributed by atoms with Crippen LogP contribution in [0.15, 0.2) is 0 Å². The molecule has 3 heterocycles. The van der Waals surface area contributed by atoms with Crippen molar-refractivity contribution >= 4 is 0 Å². The molecule has 0 aromatic carbocycles. The second kappa shape index (κ2) is 5.95. The van der Waals surface area contributed by atoms with Crippen LogP contribution in [0.1, 0.15) is 53.9 Å². The highest BCUT2D eigenvalue weighted by molar-refractivity contribution is 5.03. The van der Waals surface area contributed by atoms with E-state index in [4.69, 9.17) is 18.9 Å². The minimum absolute atomic E-state index is 0.00772. The third-order valence-corrected chi connectivity index (χ3v) is 5.25. The minimum Gasteiger partial charge on any atom is -0.378 e. The molecule has 3 saturated heterocycles. The molecule has 0 saturated carbocycles. The maximum Gasteiger partial charge on any atom is 0.171 e. The lowest BCUT2D eigenvalue weighted by Gasteiger charge is -2.55. The van der Waals surface area contributed by atoms with Crippen LogP contribution in [0.2, 0.25) is 0 Å². The number of hydrogen-bond acceptors (Lipinski definition) is 5. The number of piperidine rings is 1. The van der Waals surface area contributed by atoms with Crippen LogP contribution in [0.5, 0.6) is 0 Å². The van der Waals surface area contributed by atoms with Crippen molar-refractivity contribution in [3.8, 4) is 0 Å². The summed E-state index contributed by atoms with van der Waals surface area (Å²) in [6.45, 7) is 14.7. The van der Waals surface area contributed by atoms with Crippen molar-refractivity contribution in [1.82, 2.24) is 5.32 Å². The van der Waals surface area contributed by atoms with E-state index in [1.54, 1.807) is 0 Å². The van der Waals surface area contributed by atoms with E-state index < -0.39 is 5.79 Å². The molecular weight excluding hydrogens is 294 g/mol. The van der Waals surface area contributed by atoms with Gasteiger partial charge in [0, 0.05) is 29.3 Å². The molecule has 0 aromatic rings. The van der Waals surface area contributed by atoms with Crippen LogP contribution >= 0.6 is 0 Å². The standard InChI is InChI=1S/C18H33NO4/c1-6-17(11-20-7-14-8-21-14)12-22-18(23-13-17)9-15(2,3)19-16(4,5)10-18/h14,19H,6-13H2,1-5H3. The Balaban J connectivity index is 1.60. The fraction of sp³-hybridized carbons (Fsp3) is 1.00. The van der Waals surface area contributed by atoms with Crippen molar-refractivity contribution in [2.24, 2.45) is 5.41 Å². The minimum atomic E-state index is -0.462. The molecule has 0 amide bonds. The summed E-state index contributed by atoms with van der Waals surface area (Å²) >= 11 is 0. The van der Waals surface area contributed by atoms with Gasteiger partial charge in [0.25, 0.3) is 0 Å². The number of rotatable bonds is 5. The van der Waals surface area contributed by atoms with E-state index in [0.717, 1.165) is 25.9 Å². The van der Waals surface area contributed by atoms with Crippen LogP contribution in [0.4, 0.5) is 0 Å². The summed E-state index contributed by atoms with van der Waals surface area (Å²) in [5, 5.41) is 3.69. The van der Waals surface area contributed by atoms with Crippen molar-refractivity contribution in [2.45, 2.75) is 76.9 Å². The van der Waals surface area contributed by atoms with Gasteiger partial charge in [-0.2, -0.15) is 0 Å². The topological polar surface area (TPSA) is 52.2 Å². The average Bonchev–Trinajstić information content (AvgIpc) is 3.22. The van der Waals surface area contributed by atoms with Gasteiger partial charge < -0.3 is 24.3 Å². The first-order valence-corrected chi connectivity index (χ1v) is 8.94. The van der Waals surface area contributed by atoms with Gasteiger partial charge in [-0.3, -0.25) is 0 Å². The fourth-order valence-corrected chi connectivity index (χ4v) is 4.23. The zero-order chi connectivity index (χ0) is 16.8. The highest BCUT2D eigenvalue weighted by Gasteiger charge is 2.53. The lowest BCUT2D eigenvalue weighted by Crippen LogP contribution is -2.67. The Labute approximate surface area is 140 Å². The van der Waals surface area contributed by atoms with E-state index in [9.17, 15) is 0 Å². The maximum atomic E-state index is 6.38. The first-order chi connectivity index (χ1) is 10.7. The lowest BCUT2D eigenvalue weighted by atomic mass is 9.77. The molecule has 0 radical (unpaired) electrons. The molecule has 1 atom stereocenters. The van der Waals surface area contributed by atoms with Crippen LogP contribution in [0, 0.1) is 5.41 Å². The summed E-state index contributed by atoms with van der Waals surface area (Å²) in [7, 11) is 0. The first-order valence-electron chi connectivity index (χ1n) is 8.94. The summed E-state index contributed by atoms with van der Waals surface area (Å²) in [6, 6.07) is 0. The van der Waals surface area contributed by atoms with Crippen LogP contribution in [-0.2, 0) is 18.9 Å². The third-order valence-electron chi connectivity index (χ3n) is 5.25. The number of nitrogens with one attached hydrogen (secondary N) is 1. The van der Waals surface area contributed by atoms with E-state index in [1.807, 2.05) is 0 Å².